The van der Waals surface area contributed by atoms with E-state index in [9.17, 15) is 0 Å². The Balaban J connectivity index is 2.76. The van der Waals surface area contributed by atoms with Crippen LogP contribution in [0.1, 0.15) is 30.9 Å². The number of benzene rings is 1. The lowest BCUT2D eigenvalue weighted by atomic mass is 10.1. The Labute approximate surface area is 109 Å². The Kier molecular flexibility index (Phi) is 6.93. The predicted molar refractivity (Wildman–Crippen MR) is 71.5 cm³/mol. The number of methoxy groups -OCH3 is 1. The van der Waals surface area contributed by atoms with E-state index in [0.29, 0.717) is 6.61 Å². The first-order valence-corrected chi connectivity index (χ1v) is 6.16. The van der Waals surface area contributed by atoms with Crippen LogP contribution in [0.4, 0.5) is 0 Å². The molecule has 1 aromatic rings. The van der Waals surface area contributed by atoms with Gasteiger partial charge in [-0.15, -0.1) is 0 Å². The quantitative estimate of drug-likeness (QED) is 0.620. The van der Waals surface area contributed by atoms with Crippen LogP contribution in [0.5, 0.6) is 5.75 Å². The van der Waals surface area contributed by atoms with E-state index in [2.05, 4.69) is 18.8 Å². The van der Waals surface area contributed by atoms with Gasteiger partial charge in [0.25, 0.3) is 0 Å². The van der Waals surface area contributed by atoms with Crippen LogP contribution in [0.25, 0.3) is 0 Å². The van der Waals surface area contributed by atoms with E-state index >= 15 is 0 Å². The lowest BCUT2D eigenvalue weighted by molar-refractivity contribution is 0.118. The van der Waals surface area contributed by atoms with Gasteiger partial charge in [-0.3, -0.25) is 0 Å². The molecule has 0 atom stereocenters. The van der Waals surface area contributed by atoms with Crippen molar-refractivity contribution in [2.75, 3.05) is 20.3 Å². The highest BCUT2D eigenvalue weighted by Gasteiger charge is 2.03. The summed E-state index contributed by atoms with van der Waals surface area (Å²) in [5.74, 6) is 6.36. The average molecular weight is 248 g/mol. The minimum atomic E-state index is -0.137. The fraction of sp³-hybridized carbons (Fsp3) is 0.467. The summed E-state index contributed by atoms with van der Waals surface area (Å²) in [4.78, 5) is 0. The van der Waals surface area contributed by atoms with Crippen LogP contribution in [0.3, 0.4) is 0 Å². The fourth-order valence-electron chi connectivity index (χ4n) is 1.50. The minimum absolute atomic E-state index is 0.137. The lowest BCUT2D eigenvalue weighted by Gasteiger charge is -2.08. The molecule has 1 aromatic carbocycles. The van der Waals surface area contributed by atoms with Gasteiger partial charge in [0.05, 0.1) is 13.7 Å². The third kappa shape index (κ3) is 4.79. The molecule has 3 heteroatoms. The number of unbranched alkanes of at least 4 members (excludes halogenated alkanes) is 1. The zero-order chi connectivity index (χ0) is 13.2. The highest BCUT2D eigenvalue weighted by molar-refractivity contribution is 5.45. The number of hydrogen-bond acceptors (Lipinski definition) is 3. The molecule has 1 rings (SSSR count). The molecule has 0 heterocycles. The van der Waals surface area contributed by atoms with Gasteiger partial charge in [0.2, 0.25) is 0 Å². The summed E-state index contributed by atoms with van der Waals surface area (Å²) in [7, 11) is 1.64. The molecule has 0 amide bonds. The summed E-state index contributed by atoms with van der Waals surface area (Å²) in [6.45, 7) is 3.27. The van der Waals surface area contributed by atoms with Crippen LogP contribution >= 0.6 is 0 Å². The van der Waals surface area contributed by atoms with Gasteiger partial charge in [0, 0.05) is 12.2 Å². The molecule has 18 heavy (non-hydrogen) atoms. The Morgan fingerprint density at radius 3 is 2.83 bits per heavy atom. The number of hydrogen-bond donors (Lipinski definition) is 1. The zero-order valence-electron chi connectivity index (χ0n) is 11.0. The number of aliphatic hydroxyl groups excluding tert-OH is 1. The summed E-state index contributed by atoms with van der Waals surface area (Å²) in [5.41, 5.74) is 1.87. The summed E-state index contributed by atoms with van der Waals surface area (Å²) in [6, 6.07) is 5.67. The van der Waals surface area contributed by atoms with Crippen LogP contribution in [0.2, 0.25) is 0 Å². The van der Waals surface area contributed by atoms with E-state index in [4.69, 9.17) is 14.6 Å². The molecule has 0 radical (unpaired) electrons. The van der Waals surface area contributed by atoms with Gasteiger partial charge in [-0.2, -0.15) is 0 Å². The van der Waals surface area contributed by atoms with E-state index in [1.807, 2.05) is 18.2 Å². The van der Waals surface area contributed by atoms with Crippen LogP contribution in [-0.4, -0.2) is 25.4 Å². The molecule has 0 unspecified atom stereocenters. The molecule has 0 bridgehead atoms. The molecule has 0 fully saturated rings. The maximum Gasteiger partial charge on any atom is 0.119 e. The Hall–Kier alpha value is -1.50. The van der Waals surface area contributed by atoms with Crippen molar-refractivity contribution in [3.63, 3.8) is 0 Å². The van der Waals surface area contributed by atoms with Crippen LogP contribution < -0.4 is 4.74 Å². The normalized spacial score (nSPS) is 9.72. The maximum absolute atomic E-state index is 8.74. The predicted octanol–water partition coefficient (Wildman–Crippen LogP) is 2.36. The Morgan fingerprint density at radius 1 is 1.33 bits per heavy atom. The van der Waals surface area contributed by atoms with Gasteiger partial charge < -0.3 is 14.6 Å². The van der Waals surface area contributed by atoms with Gasteiger partial charge in [-0.25, -0.2) is 0 Å². The van der Waals surface area contributed by atoms with Crippen molar-refractivity contribution in [1.82, 2.24) is 0 Å². The lowest BCUT2D eigenvalue weighted by Crippen LogP contribution is -1.98. The molecule has 98 valence electrons. The number of aliphatic hydroxyl groups is 1. The van der Waals surface area contributed by atoms with Crippen LogP contribution in [-0.2, 0) is 11.3 Å². The van der Waals surface area contributed by atoms with E-state index in [1.165, 1.54) is 0 Å². The Morgan fingerprint density at radius 2 is 2.17 bits per heavy atom. The molecule has 0 saturated carbocycles. The van der Waals surface area contributed by atoms with Crippen LogP contribution in [0, 0.1) is 11.8 Å². The summed E-state index contributed by atoms with van der Waals surface area (Å²) < 4.78 is 10.8. The summed E-state index contributed by atoms with van der Waals surface area (Å²) in [5, 5.41) is 8.74. The highest BCUT2D eigenvalue weighted by atomic mass is 16.5. The van der Waals surface area contributed by atoms with Crippen molar-refractivity contribution in [1.29, 1.82) is 0 Å². The van der Waals surface area contributed by atoms with Crippen molar-refractivity contribution in [2.45, 2.75) is 26.4 Å². The fourth-order valence-corrected chi connectivity index (χ4v) is 1.50. The van der Waals surface area contributed by atoms with Crippen LogP contribution in [0.15, 0.2) is 18.2 Å². The van der Waals surface area contributed by atoms with E-state index < -0.39 is 0 Å². The number of ether oxygens (including phenoxy) is 2. The SMILES string of the molecule is CCCCOCc1cc(OC)ccc1C#CCO. The smallest absolute Gasteiger partial charge is 0.119 e. The largest absolute Gasteiger partial charge is 0.497 e. The molecule has 0 saturated heterocycles. The van der Waals surface area contributed by atoms with Gasteiger partial charge in [0.15, 0.2) is 0 Å². The van der Waals surface area contributed by atoms with Crippen molar-refractivity contribution >= 4 is 0 Å². The van der Waals surface area contributed by atoms with Crippen molar-refractivity contribution in [3.05, 3.63) is 29.3 Å². The van der Waals surface area contributed by atoms with Gasteiger partial charge >= 0.3 is 0 Å². The molecule has 3 nitrogen and oxygen atoms in total. The summed E-state index contributed by atoms with van der Waals surface area (Å²) >= 11 is 0. The molecular formula is C15H20O3. The molecular weight excluding hydrogens is 228 g/mol. The molecule has 0 aromatic heterocycles. The van der Waals surface area contributed by atoms with Gasteiger partial charge in [0.1, 0.15) is 12.4 Å². The number of rotatable bonds is 6. The standard InChI is InChI=1S/C15H20O3/c1-3-4-10-18-12-14-11-15(17-2)8-7-13(14)6-5-9-16/h7-8,11,16H,3-4,9-10,12H2,1-2H3. The third-order valence-corrected chi connectivity index (χ3v) is 2.51. The van der Waals surface area contributed by atoms with E-state index in [-0.39, 0.29) is 6.61 Å². The Bertz CT molecular complexity index is 415. The molecule has 0 aliphatic carbocycles. The van der Waals surface area contributed by atoms with Crippen molar-refractivity contribution < 1.29 is 14.6 Å². The van der Waals surface area contributed by atoms with Gasteiger partial charge in [-0.1, -0.05) is 25.2 Å². The first-order valence-electron chi connectivity index (χ1n) is 6.16. The molecule has 0 aliphatic rings. The van der Waals surface area contributed by atoms with Crippen molar-refractivity contribution in [2.24, 2.45) is 0 Å². The van der Waals surface area contributed by atoms with Gasteiger partial charge in [-0.05, 0) is 30.2 Å². The van der Waals surface area contributed by atoms with E-state index in [1.54, 1.807) is 7.11 Å². The topological polar surface area (TPSA) is 38.7 Å². The first kappa shape index (κ1) is 14.6. The van der Waals surface area contributed by atoms with E-state index in [0.717, 1.165) is 36.3 Å². The first-order chi connectivity index (χ1) is 8.81. The maximum atomic E-state index is 8.74. The minimum Gasteiger partial charge on any atom is -0.497 e. The molecule has 0 spiro atoms. The second-order valence-electron chi connectivity index (χ2n) is 3.89. The molecule has 1 N–H and O–H groups in total. The highest BCUT2D eigenvalue weighted by Crippen LogP contribution is 2.18. The second kappa shape index (κ2) is 8.57. The third-order valence-electron chi connectivity index (χ3n) is 2.51. The van der Waals surface area contributed by atoms with Crippen molar-refractivity contribution in [3.8, 4) is 17.6 Å². The molecule has 0 aliphatic heterocycles. The average Bonchev–Trinajstić information content (AvgIpc) is 2.42. The second-order valence-corrected chi connectivity index (χ2v) is 3.89. The summed E-state index contributed by atoms with van der Waals surface area (Å²) in [6.07, 6.45) is 2.18. The zero-order valence-corrected chi connectivity index (χ0v) is 11.0. The monoisotopic (exact) mass is 248 g/mol.